The van der Waals surface area contributed by atoms with E-state index in [-0.39, 0.29) is 63.4 Å². The number of rotatable bonds is 12. The van der Waals surface area contributed by atoms with Gasteiger partial charge in [0.05, 0.1) is 26.4 Å². The van der Waals surface area contributed by atoms with Gasteiger partial charge in [0.25, 0.3) is 20.2 Å². The highest BCUT2D eigenvalue weighted by Crippen LogP contribution is 2.42. The Balaban J connectivity index is 1.54. The number of para-hydroxylation sites is 2. The van der Waals surface area contributed by atoms with Gasteiger partial charge < -0.3 is 35.6 Å². The lowest BCUT2D eigenvalue weighted by Crippen LogP contribution is -2.37. The molecule has 2 fully saturated rings. The fourth-order valence-electron chi connectivity index (χ4n) is 6.82. The summed E-state index contributed by atoms with van der Waals surface area (Å²) in [4.78, 5) is 31.3. The van der Waals surface area contributed by atoms with Crippen molar-refractivity contribution in [1.82, 2.24) is 29.9 Å². The number of hydrogen-bond acceptors (Lipinski definition) is 17. The Labute approximate surface area is 350 Å². The van der Waals surface area contributed by atoms with Gasteiger partial charge in [-0.05, 0) is 42.5 Å². The summed E-state index contributed by atoms with van der Waals surface area (Å²) in [6, 6.07) is 27.4. The second kappa shape index (κ2) is 17.5. The first-order valence-electron chi connectivity index (χ1n) is 18.9. The number of aromatic nitrogens is 6. The van der Waals surface area contributed by atoms with Gasteiger partial charge in [0, 0.05) is 65.5 Å². The lowest BCUT2D eigenvalue weighted by molar-refractivity contribution is 0.122. The van der Waals surface area contributed by atoms with E-state index in [1.54, 1.807) is 36.4 Å². The van der Waals surface area contributed by atoms with Gasteiger partial charge in [-0.15, -0.1) is 0 Å². The van der Waals surface area contributed by atoms with Crippen molar-refractivity contribution < 1.29 is 35.4 Å². The average molecular weight is 866 g/mol. The van der Waals surface area contributed by atoms with Crippen LogP contribution < -0.4 is 26.2 Å². The van der Waals surface area contributed by atoms with Crippen LogP contribution in [0.3, 0.4) is 0 Å². The maximum absolute atomic E-state index is 13.4. The molecule has 4 heterocycles. The number of nitrogens with zero attached hydrogens (tertiary/aromatic N) is 8. The molecule has 19 nitrogen and oxygen atoms in total. The van der Waals surface area contributed by atoms with E-state index in [1.165, 1.54) is 36.4 Å². The van der Waals surface area contributed by atoms with Crippen LogP contribution in [0.4, 0.5) is 40.9 Å². The van der Waals surface area contributed by atoms with Gasteiger partial charge in [0.15, 0.2) is 11.6 Å². The zero-order chi connectivity index (χ0) is 42.6. The minimum atomic E-state index is -5.09. The van der Waals surface area contributed by atoms with Crippen LogP contribution >= 0.6 is 0 Å². The van der Waals surface area contributed by atoms with E-state index >= 15 is 0 Å². The Kier molecular flexibility index (Phi) is 11.8. The molecule has 0 unspecified atom stereocenters. The number of hydrogen-bond donors (Lipinski definition) is 5. The smallest absolute Gasteiger partial charge is 0.295 e. The molecule has 6 N–H and O–H groups in total. The van der Waals surface area contributed by atoms with E-state index < -0.39 is 30.0 Å². The first kappa shape index (κ1) is 41.1. The quantitative estimate of drug-likeness (QED) is 0.0652. The second-order valence-corrected chi connectivity index (χ2v) is 16.4. The average Bonchev–Trinajstić information content (AvgIpc) is 3.26. The molecule has 0 spiro atoms. The van der Waals surface area contributed by atoms with Gasteiger partial charge in [-0.2, -0.15) is 46.7 Å². The summed E-state index contributed by atoms with van der Waals surface area (Å²) in [6.07, 6.45) is 0. The van der Waals surface area contributed by atoms with Crippen molar-refractivity contribution in [2.24, 2.45) is 0 Å². The van der Waals surface area contributed by atoms with Crippen LogP contribution in [-0.2, 0) is 29.7 Å². The molecule has 2 aliphatic rings. The number of morpholine rings is 2. The van der Waals surface area contributed by atoms with Gasteiger partial charge in [0.2, 0.25) is 23.8 Å². The predicted molar refractivity (Wildman–Crippen MR) is 227 cm³/mol. The second-order valence-electron chi connectivity index (χ2n) is 13.7. The molecule has 0 amide bonds. The summed E-state index contributed by atoms with van der Waals surface area (Å²) in [6.45, 7) is 2.92. The van der Waals surface area contributed by atoms with Crippen LogP contribution in [-0.4, -0.2) is 108 Å². The minimum absolute atomic E-state index is 0.0107. The number of nitrogens with two attached hydrogens (primary N) is 1. The summed E-state index contributed by atoms with van der Waals surface area (Å²) < 4.78 is 86.3. The lowest BCUT2D eigenvalue weighted by Gasteiger charge is -2.28. The molecule has 6 aromatic rings. The number of anilines is 7. The van der Waals surface area contributed by atoms with Crippen molar-refractivity contribution in [2.45, 2.75) is 9.79 Å². The SMILES string of the molecule is Nc1cccc(S(=O)(=O)O)c1C(=C(c1nc(Nc2ccccc2)nc(N2CCOCC2)n1)c1ccccc1S(=O)(=O)O)c1nc(Nc2ccccc2)nc(N2CCOCC2)n1. The molecule has 2 aliphatic heterocycles. The van der Waals surface area contributed by atoms with Crippen LogP contribution in [0.2, 0.25) is 0 Å². The van der Waals surface area contributed by atoms with Crippen molar-refractivity contribution in [3.8, 4) is 0 Å². The summed E-state index contributed by atoms with van der Waals surface area (Å²) in [5.41, 5.74) is 6.78. The Morgan fingerprint density at radius 1 is 0.541 bits per heavy atom. The third kappa shape index (κ3) is 9.41. The Hall–Kier alpha value is -6.62. The van der Waals surface area contributed by atoms with E-state index in [4.69, 9.17) is 45.1 Å². The molecule has 314 valence electrons. The third-order valence-corrected chi connectivity index (χ3v) is 11.4. The molecule has 8 rings (SSSR count). The largest absolute Gasteiger partial charge is 0.398 e. The van der Waals surface area contributed by atoms with Crippen molar-refractivity contribution in [1.29, 1.82) is 0 Å². The van der Waals surface area contributed by atoms with Crippen LogP contribution in [0, 0.1) is 0 Å². The Bertz CT molecular complexity index is 2810. The van der Waals surface area contributed by atoms with Crippen LogP contribution in [0.15, 0.2) is 113 Å². The molecule has 0 radical (unpaired) electrons. The predicted octanol–water partition coefficient (Wildman–Crippen LogP) is 4.30. The van der Waals surface area contributed by atoms with Gasteiger partial charge in [-0.3, -0.25) is 9.11 Å². The summed E-state index contributed by atoms with van der Waals surface area (Å²) in [7, 11) is -10.1. The Morgan fingerprint density at radius 3 is 1.48 bits per heavy atom. The molecule has 0 atom stereocenters. The van der Waals surface area contributed by atoms with Crippen molar-refractivity contribution >= 4 is 72.2 Å². The highest BCUT2D eigenvalue weighted by atomic mass is 32.2. The summed E-state index contributed by atoms with van der Waals surface area (Å²) >= 11 is 0. The monoisotopic (exact) mass is 865 g/mol. The van der Waals surface area contributed by atoms with Gasteiger partial charge >= 0.3 is 0 Å². The van der Waals surface area contributed by atoms with Crippen molar-refractivity contribution in [2.75, 3.05) is 78.8 Å². The normalized spacial score (nSPS) is 15.2. The van der Waals surface area contributed by atoms with Crippen LogP contribution in [0.5, 0.6) is 0 Å². The van der Waals surface area contributed by atoms with E-state index in [9.17, 15) is 25.9 Å². The molecule has 0 bridgehead atoms. The molecular weight excluding hydrogens is 827 g/mol. The molecule has 61 heavy (non-hydrogen) atoms. The summed E-state index contributed by atoms with van der Waals surface area (Å²) in [5.74, 6) is -0.117. The molecule has 2 aromatic heterocycles. The zero-order valence-electron chi connectivity index (χ0n) is 32.3. The number of nitrogens with one attached hydrogen (secondary N) is 2. The molecule has 21 heteroatoms. The molecular formula is C40H39N11O8S2. The number of ether oxygens (including phenoxy) is 2. The van der Waals surface area contributed by atoms with Gasteiger partial charge in [-0.1, -0.05) is 60.7 Å². The maximum atomic E-state index is 13.4. The molecule has 2 saturated heterocycles. The molecule has 4 aromatic carbocycles. The number of nitrogen functional groups attached to an aromatic ring is 1. The standard InChI is InChI=1S/C40H39N11O8S2/c41-29-15-9-17-31(61(55,56)57)33(29)34(36-45-38(43-27-12-5-2-6-13-27)49-40(47-36)51-20-24-59-25-21-51)32(28-14-7-8-16-30(28)60(52,53)54)35-44-37(42-26-10-3-1-4-11-26)48-39(46-35)50-18-22-58-23-19-50/h1-17H,18-25,41H2,(H,52,53,54)(H,55,56,57)(H,42,44,46,48)(H,43,45,47,49). The fraction of sp³-hybridized carbons (Fsp3) is 0.200. The molecule has 0 aliphatic carbocycles. The molecule has 0 saturated carbocycles. The van der Waals surface area contributed by atoms with E-state index in [1.807, 2.05) is 34.1 Å². The maximum Gasteiger partial charge on any atom is 0.295 e. The van der Waals surface area contributed by atoms with E-state index in [2.05, 4.69) is 10.6 Å². The highest BCUT2D eigenvalue weighted by Gasteiger charge is 2.33. The first-order chi connectivity index (χ1) is 29.4. The van der Waals surface area contributed by atoms with Gasteiger partial charge in [0.1, 0.15) is 9.79 Å². The lowest BCUT2D eigenvalue weighted by atomic mass is 9.92. The van der Waals surface area contributed by atoms with Crippen LogP contribution in [0.25, 0.3) is 11.1 Å². The summed E-state index contributed by atoms with van der Waals surface area (Å²) in [5, 5.41) is 6.37. The van der Waals surface area contributed by atoms with Crippen molar-refractivity contribution in [3.05, 3.63) is 126 Å². The highest BCUT2D eigenvalue weighted by molar-refractivity contribution is 7.86. The van der Waals surface area contributed by atoms with Crippen molar-refractivity contribution in [3.63, 3.8) is 0 Å². The fourth-order valence-corrected chi connectivity index (χ4v) is 8.25. The van der Waals surface area contributed by atoms with Crippen LogP contribution in [0.1, 0.15) is 22.8 Å². The minimum Gasteiger partial charge on any atom is -0.398 e. The Morgan fingerprint density at radius 2 is 0.984 bits per heavy atom. The van der Waals surface area contributed by atoms with E-state index in [0.717, 1.165) is 6.07 Å². The van der Waals surface area contributed by atoms with Gasteiger partial charge in [-0.25, -0.2) is 0 Å². The van der Waals surface area contributed by atoms with E-state index in [0.29, 0.717) is 64.0 Å². The topological polar surface area (TPSA) is 261 Å². The first-order valence-corrected chi connectivity index (χ1v) is 21.8. The zero-order valence-corrected chi connectivity index (χ0v) is 33.9. The third-order valence-electron chi connectivity index (χ3n) is 9.61. The number of benzene rings is 4.